The second kappa shape index (κ2) is 9.03. The molecular weight excluding hydrogens is 360 g/mol. The van der Waals surface area contributed by atoms with Gasteiger partial charge in [0.25, 0.3) is 0 Å². The summed E-state index contributed by atoms with van der Waals surface area (Å²) in [5, 5.41) is 8.05. The number of pyridine rings is 1. The molecule has 1 atom stereocenters. The number of nitrogens with zero attached hydrogens (tertiary/aromatic N) is 3. The molecule has 0 saturated heterocycles. The summed E-state index contributed by atoms with van der Waals surface area (Å²) in [7, 11) is 0. The van der Waals surface area contributed by atoms with E-state index in [0.717, 1.165) is 36.1 Å². The van der Waals surface area contributed by atoms with Crippen molar-refractivity contribution < 1.29 is 4.79 Å². The standard InChI is InChI=1S/C24H28N4O/c1-2-20(18-8-4-3-5-9-18)24(29)26-16-17-28-22-11-7-6-10-21(22)23(27-28)19-12-14-25-15-13-19/h3-5,8-9,12-15,20H,2,6-7,10-11,16-17H2,1H3,(H,26,29). The van der Waals surface area contributed by atoms with Gasteiger partial charge in [-0.1, -0.05) is 37.3 Å². The molecule has 5 heteroatoms. The Labute approximate surface area is 172 Å². The molecule has 150 valence electrons. The van der Waals surface area contributed by atoms with E-state index in [1.165, 1.54) is 24.1 Å². The van der Waals surface area contributed by atoms with Crippen molar-refractivity contribution in [1.29, 1.82) is 0 Å². The number of rotatable bonds is 7. The third-order valence-electron chi connectivity index (χ3n) is 5.76. The van der Waals surface area contributed by atoms with Gasteiger partial charge in [0.1, 0.15) is 0 Å². The molecule has 3 aromatic rings. The van der Waals surface area contributed by atoms with E-state index >= 15 is 0 Å². The van der Waals surface area contributed by atoms with Crippen molar-refractivity contribution in [3.63, 3.8) is 0 Å². The molecule has 29 heavy (non-hydrogen) atoms. The highest BCUT2D eigenvalue weighted by Crippen LogP contribution is 2.30. The number of benzene rings is 1. The van der Waals surface area contributed by atoms with Crippen LogP contribution in [0, 0.1) is 0 Å². The van der Waals surface area contributed by atoms with Crippen LogP contribution < -0.4 is 5.32 Å². The zero-order valence-corrected chi connectivity index (χ0v) is 17.0. The summed E-state index contributed by atoms with van der Waals surface area (Å²) < 4.78 is 2.11. The lowest BCUT2D eigenvalue weighted by Crippen LogP contribution is -2.32. The number of fused-ring (bicyclic) bond motifs is 1. The molecule has 0 bridgehead atoms. The molecule has 5 nitrogen and oxygen atoms in total. The first kappa shape index (κ1) is 19.4. The van der Waals surface area contributed by atoms with E-state index in [1.807, 2.05) is 54.9 Å². The van der Waals surface area contributed by atoms with E-state index in [1.54, 1.807) is 0 Å². The smallest absolute Gasteiger partial charge is 0.227 e. The quantitative estimate of drug-likeness (QED) is 0.662. The van der Waals surface area contributed by atoms with Crippen molar-refractivity contribution in [2.24, 2.45) is 0 Å². The Morgan fingerprint density at radius 2 is 1.86 bits per heavy atom. The minimum Gasteiger partial charge on any atom is -0.354 e. The predicted octanol–water partition coefficient (Wildman–Crippen LogP) is 4.13. The van der Waals surface area contributed by atoms with Gasteiger partial charge < -0.3 is 5.32 Å². The molecule has 0 aliphatic heterocycles. The van der Waals surface area contributed by atoms with Gasteiger partial charge in [-0.25, -0.2) is 0 Å². The monoisotopic (exact) mass is 388 g/mol. The highest BCUT2D eigenvalue weighted by Gasteiger charge is 2.22. The lowest BCUT2D eigenvalue weighted by atomic mass is 9.94. The van der Waals surface area contributed by atoms with E-state index < -0.39 is 0 Å². The molecule has 1 aliphatic carbocycles. The number of nitrogens with one attached hydrogen (secondary N) is 1. The van der Waals surface area contributed by atoms with Crippen LogP contribution in [0.4, 0.5) is 0 Å². The Bertz CT molecular complexity index is 950. The molecular formula is C24H28N4O. The largest absolute Gasteiger partial charge is 0.354 e. The SMILES string of the molecule is CCC(C(=O)NCCn1nc(-c2ccncc2)c2c1CCCC2)c1ccccc1. The first-order valence-electron chi connectivity index (χ1n) is 10.6. The van der Waals surface area contributed by atoms with Crippen LogP contribution in [-0.2, 0) is 24.2 Å². The van der Waals surface area contributed by atoms with Crippen molar-refractivity contribution in [2.45, 2.75) is 51.5 Å². The van der Waals surface area contributed by atoms with Crippen LogP contribution >= 0.6 is 0 Å². The van der Waals surface area contributed by atoms with Crippen LogP contribution in [0.1, 0.15) is 48.9 Å². The number of aromatic nitrogens is 3. The molecule has 1 amide bonds. The summed E-state index contributed by atoms with van der Waals surface area (Å²) in [6.07, 6.45) is 8.97. The van der Waals surface area contributed by atoms with Gasteiger partial charge in [-0.3, -0.25) is 14.5 Å². The topological polar surface area (TPSA) is 59.8 Å². The van der Waals surface area contributed by atoms with Gasteiger partial charge in [0.2, 0.25) is 5.91 Å². The summed E-state index contributed by atoms with van der Waals surface area (Å²) in [6, 6.07) is 14.1. The van der Waals surface area contributed by atoms with E-state index in [2.05, 4.69) is 21.9 Å². The molecule has 2 heterocycles. The Hall–Kier alpha value is -2.95. The average molecular weight is 389 g/mol. The van der Waals surface area contributed by atoms with Gasteiger partial charge in [0.05, 0.1) is 18.2 Å². The summed E-state index contributed by atoms with van der Waals surface area (Å²) in [6.45, 7) is 3.35. The first-order chi connectivity index (χ1) is 14.3. The highest BCUT2D eigenvalue weighted by molar-refractivity contribution is 5.83. The van der Waals surface area contributed by atoms with E-state index in [9.17, 15) is 4.79 Å². The van der Waals surface area contributed by atoms with Crippen molar-refractivity contribution in [2.75, 3.05) is 6.54 Å². The van der Waals surface area contributed by atoms with Crippen LogP contribution in [0.2, 0.25) is 0 Å². The number of hydrogen-bond donors (Lipinski definition) is 1. The van der Waals surface area contributed by atoms with E-state index in [4.69, 9.17) is 5.10 Å². The Balaban J connectivity index is 1.46. The van der Waals surface area contributed by atoms with E-state index in [0.29, 0.717) is 13.1 Å². The number of hydrogen-bond acceptors (Lipinski definition) is 3. The lowest BCUT2D eigenvalue weighted by molar-refractivity contribution is -0.122. The zero-order valence-electron chi connectivity index (χ0n) is 17.0. The summed E-state index contributed by atoms with van der Waals surface area (Å²) in [4.78, 5) is 16.9. The second-order valence-corrected chi connectivity index (χ2v) is 7.60. The van der Waals surface area contributed by atoms with Gasteiger partial charge >= 0.3 is 0 Å². The number of amides is 1. The molecule has 0 radical (unpaired) electrons. The third kappa shape index (κ3) is 4.24. The predicted molar refractivity (Wildman–Crippen MR) is 115 cm³/mol. The molecule has 1 aromatic carbocycles. The van der Waals surface area contributed by atoms with Gasteiger partial charge in [-0.05, 0) is 49.8 Å². The van der Waals surface area contributed by atoms with E-state index in [-0.39, 0.29) is 11.8 Å². The summed E-state index contributed by atoms with van der Waals surface area (Å²) in [5.41, 5.74) is 5.96. The minimum absolute atomic E-state index is 0.0917. The van der Waals surface area contributed by atoms with Crippen molar-refractivity contribution >= 4 is 5.91 Å². The van der Waals surface area contributed by atoms with Gasteiger partial charge in [0, 0.05) is 35.8 Å². The van der Waals surface area contributed by atoms with Crippen LogP contribution in [0.15, 0.2) is 54.9 Å². The van der Waals surface area contributed by atoms with Crippen LogP contribution in [0.5, 0.6) is 0 Å². The Morgan fingerprint density at radius 3 is 2.62 bits per heavy atom. The third-order valence-corrected chi connectivity index (χ3v) is 5.76. The van der Waals surface area contributed by atoms with Crippen LogP contribution in [0.25, 0.3) is 11.3 Å². The fourth-order valence-corrected chi connectivity index (χ4v) is 4.26. The van der Waals surface area contributed by atoms with Crippen molar-refractivity contribution in [3.8, 4) is 11.3 Å². The normalized spacial score (nSPS) is 14.2. The molecule has 2 aromatic heterocycles. The number of carbonyl (C=O) groups excluding carboxylic acids is 1. The molecule has 0 spiro atoms. The summed E-state index contributed by atoms with van der Waals surface area (Å²) in [5.74, 6) is -0.0100. The molecule has 0 fully saturated rings. The lowest BCUT2D eigenvalue weighted by Gasteiger charge is -2.17. The molecule has 0 saturated carbocycles. The van der Waals surface area contributed by atoms with Crippen LogP contribution in [-0.4, -0.2) is 27.2 Å². The van der Waals surface area contributed by atoms with Crippen molar-refractivity contribution in [1.82, 2.24) is 20.1 Å². The Kier molecular flexibility index (Phi) is 6.03. The fraction of sp³-hybridized carbons (Fsp3) is 0.375. The second-order valence-electron chi connectivity index (χ2n) is 7.60. The summed E-state index contributed by atoms with van der Waals surface area (Å²) >= 11 is 0. The molecule has 4 rings (SSSR count). The maximum atomic E-state index is 12.7. The van der Waals surface area contributed by atoms with Gasteiger partial charge in [0.15, 0.2) is 0 Å². The van der Waals surface area contributed by atoms with Crippen molar-refractivity contribution in [3.05, 3.63) is 71.7 Å². The number of carbonyl (C=O) groups is 1. The zero-order chi connectivity index (χ0) is 20.1. The van der Waals surface area contributed by atoms with Gasteiger partial charge in [-0.15, -0.1) is 0 Å². The van der Waals surface area contributed by atoms with Crippen LogP contribution in [0.3, 0.4) is 0 Å². The molecule has 1 aliphatic rings. The first-order valence-corrected chi connectivity index (χ1v) is 10.6. The highest BCUT2D eigenvalue weighted by atomic mass is 16.1. The van der Waals surface area contributed by atoms with Gasteiger partial charge in [-0.2, -0.15) is 5.10 Å². The maximum Gasteiger partial charge on any atom is 0.227 e. The molecule has 1 unspecified atom stereocenters. The molecule has 1 N–H and O–H groups in total. The minimum atomic E-state index is -0.102. The average Bonchev–Trinajstić information content (AvgIpc) is 3.14. The Morgan fingerprint density at radius 1 is 1.10 bits per heavy atom. The fourth-order valence-electron chi connectivity index (χ4n) is 4.26. The maximum absolute atomic E-state index is 12.7.